The van der Waals surface area contributed by atoms with E-state index in [9.17, 15) is 9.59 Å². The van der Waals surface area contributed by atoms with Gasteiger partial charge in [-0.15, -0.1) is 0 Å². The minimum Gasteiger partial charge on any atom is -0.481 e. The summed E-state index contributed by atoms with van der Waals surface area (Å²) in [7, 11) is 3.72. The molecule has 1 fully saturated rings. The van der Waals surface area contributed by atoms with Crippen molar-refractivity contribution in [3.63, 3.8) is 0 Å². The molecule has 0 aromatic carbocycles. The summed E-state index contributed by atoms with van der Waals surface area (Å²) in [6, 6.07) is 3.32. The van der Waals surface area contributed by atoms with Crippen molar-refractivity contribution in [2.45, 2.75) is 25.3 Å². The van der Waals surface area contributed by atoms with Crippen LogP contribution < -0.4 is 10.2 Å². The molecule has 1 heterocycles. The molecule has 0 radical (unpaired) electrons. The van der Waals surface area contributed by atoms with Crippen molar-refractivity contribution in [1.29, 1.82) is 0 Å². The molecule has 2 N–H and O–H groups in total. The molecule has 6 heteroatoms. The third-order valence-corrected chi connectivity index (χ3v) is 3.58. The summed E-state index contributed by atoms with van der Waals surface area (Å²) in [5.41, 5.74) is 0.544. The van der Waals surface area contributed by atoms with Crippen LogP contribution in [-0.4, -0.2) is 42.1 Å². The number of carboxylic acid groups (broad SMARTS) is 1. The Bertz CT molecular complexity index is 516. The highest BCUT2D eigenvalue weighted by atomic mass is 16.4. The molecule has 0 spiro atoms. The SMILES string of the molecule is CN(C)c1cc(C(=O)N[C@H]2CC[C@@H](C(=O)O)C2)ccn1. The van der Waals surface area contributed by atoms with Crippen LogP contribution in [0.2, 0.25) is 0 Å². The van der Waals surface area contributed by atoms with Crippen molar-refractivity contribution in [2.75, 3.05) is 19.0 Å². The summed E-state index contributed by atoms with van der Waals surface area (Å²) in [6.45, 7) is 0. The molecule has 0 saturated heterocycles. The molecule has 2 rings (SSSR count). The second-order valence-corrected chi connectivity index (χ2v) is 5.32. The fourth-order valence-corrected chi connectivity index (χ4v) is 2.41. The maximum Gasteiger partial charge on any atom is 0.306 e. The Morgan fingerprint density at radius 1 is 1.40 bits per heavy atom. The molecule has 1 aliphatic carbocycles. The minimum atomic E-state index is -0.777. The van der Waals surface area contributed by atoms with Gasteiger partial charge in [0.25, 0.3) is 5.91 Å². The number of carbonyl (C=O) groups is 2. The largest absolute Gasteiger partial charge is 0.481 e. The fourth-order valence-electron chi connectivity index (χ4n) is 2.41. The number of nitrogens with one attached hydrogen (secondary N) is 1. The van der Waals surface area contributed by atoms with E-state index in [0.717, 1.165) is 0 Å². The zero-order valence-corrected chi connectivity index (χ0v) is 11.7. The van der Waals surface area contributed by atoms with Crippen LogP contribution in [0.4, 0.5) is 5.82 Å². The molecule has 1 aromatic heterocycles. The van der Waals surface area contributed by atoms with Crippen LogP contribution in [0, 0.1) is 5.92 Å². The van der Waals surface area contributed by atoms with E-state index in [-0.39, 0.29) is 17.9 Å². The van der Waals surface area contributed by atoms with E-state index in [1.807, 2.05) is 19.0 Å². The topological polar surface area (TPSA) is 82.5 Å². The lowest BCUT2D eigenvalue weighted by Gasteiger charge is -2.14. The van der Waals surface area contributed by atoms with E-state index in [1.54, 1.807) is 18.3 Å². The molecular weight excluding hydrogens is 258 g/mol. The normalized spacial score (nSPS) is 21.5. The highest BCUT2D eigenvalue weighted by Gasteiger charge is 2.30. The van der Waals surface area contributed by atoms with Crippen molar-refractivity contribution < 1.29 is 14.7 Å². The van der Waals surface area contributed by atoms with Crippen molar-refractivity contribution in [2.24, 2.45) is 5.92 Å². The summed E-state index contributed by atoms with van der Waals surface area (Å²) in [5, 5.41) is 11.9. The average molecular weight is 277 g/mol. The van der Waals surface area contributed by atoms with Gasteiger partial charge in [-0.1, -0.05) is 0 Å². The number of carbonyl (C=O) groups excluding carboxylic acids is 1. The number of aliphatic carboxylic acids is 1. The van der Waals surface area contributed by atoms with Gasteiger partial charge >= 0.3 is 5.97 Å². The van der Waals surface area contributed by atoms with E-state index < -0.39 is 5.97 Å². The zero-order valence-electron chi connectivity index (χ0n) is 11.7. The predicted octanol–water partition coefficient (Wildman–Crippen LogP) is 1.13. The molecule has 0 bridgehead atoms. The van der Waals surface area contributed by atoms with Crippen molar-refractivity contribution in [3.8, 4) is 0 Å². The van der Waals surface area contributed by atoms with Gasteiger partial charge in [0.1, 0.15) is 5.82 Å². The number of pyridine rings is 1. The number of anilines is 1. The molecule has 2 atom stereocenters. The Morgan fingerprint density at radius 3 is 2.75 bits per heavy atom. The second-order valence-electron chi connectivity index (χ2n) is 5.32. The van der Waals surface area contributed by atoms with Crippen molar-refractivity contribution in [1.82, 2.24) is 10.3 Å². The minimum absolute atomic E-state index is 0.0560. The predicted molar refractivity (Wildman–Crippen MR) is 74.8 cm³/mol. The summed E-state index contributed by atoms with van der Waals surface area (Å²) >= 11 is 0. The lowest BCUT2D eigenvalue weighted by Crippen LogP contribution is -2.33. The maximum absolute atomic E-state index is 12.1. The van der Waals surface area contributed by atoms with Gasteiger partial charge in [-0.3, -0.25) is 9.59 Å². The number of carboxylic acids is 1. The first-order valence-corrected chi connectivity index (χ1v) is 6.64. The molecule has 1 amide bonds. The van der Waals surface area contributed by atoms with E-state index in [4.69, 9.17) is 5.11 Å². The van der Waals surface area contributed by atoms with Crippen LogP contribution in [0.5, 0.6) is 0 Å². The third-order valence-electron chi connectivity index (χ3n) is 3.58. The number of rotatable bonds is 4. The molecule has 6 nitrogen and oxygen atoms in total. The standard InChI is InChI=1S/C14H19N3O3/c1-17(2)12-8-9(5-6-15-12)13(18)16-11-4-3-10(7-11)14(19)20/h5-6,8,10-11H,3-4,7H2,1-2H3,(H,16,18)(H,19,20)/t10-,11+/m1/s1. The number of hydrogen-bond donors (Lipinski definition) is 2. The van der Waals surface area contributed by atoms with Crippen LogP contribution in [0.3, 0.4) is 0 Å². The van der Waals surface area contributed by atoms with Gasteiger partial charge in [-0.25, -0.2) is 4.98 Å². The van der Waals surface area contributed by atoms with Gasteiger partial charge in [0.05, 0.1) is 5.92 Å². The summed E-state index contributed by atoms with van der Waals surface area (Å²) in [4.78, 5) is 29.0. The van der Waals surface area contributed by atoms with Gasteiger partial charge < -0.3 is 15.3 Å². The van der Waals surface area contributed by atoms with Gasteiger partial charge in [0.2, 0.25) is 0 Å². The van der Waals surface area contributed by atoms with Gasteiger partial charge in [0, 0.05) is 31.9 Å². The first kappa shape index (κ1) is 14.3. The molecule has 1 aromatic rings. The van der Waals surface area contributed by atoms with Crippen LogP contribution in [0.1, 0.15) is 29.6 Å². The fraction of sp³-hybridized carbons (Fsp3) is 0.500. The molecular formula is C14H19N3O3. The smallest absolute Gasteiger partial charge is 0.306 e. The highest BCUT2D eigenvalue weighted by Crippen LogP contribution is 2.26. The van der Waals surface area contributed by atoms with E-state index in [2.05, 4.69) is 10.3 Å². The molecule has 1 saturated carbocycles. The van der Waals surface area contributed by atoms with Crippen LogP contribution in [-0.2, 0) is 4.79 Å². The lowest BCUT2D eigenvalue weighted by molar-refractivity contribution is -0.141. The Labute approximate surface area is 117 Å². The Balaban J connectivity index is 1.99. The van der Waals surface area contributed by atoms with Crippen LogP contribution in [0.25, 0.3) is 0 Å². The third kappa shape index (κ3) is 3.26. The van der Waals surface area contributed by atoms with Crippen molar-refractivity contribution in [3.05, 3.63) is 23.9 Å². The number of aromatic nitrogens is 1. The number of nitrogens with zero attached hydrogens (tertiary/aromatic N) is 2. The van der Waals surface area contributed by atoms with Gasteiger partial charge in [-0.05, 0) is 31.4 Å². The highest BCUT2D eigenvalue weighted by molar-refractivity contribution is 5.95. The quantitative estimate of drug-likeness (QED) is 0.862. The zero-order chi connectivity index (χ0) is 14.7. The van der Waals surface area contributed by atoms with E-state index in [0.29, 0.717) is 30.6 Å². The first-order valence-electron chi connectivity index (χ1n) is 6.64. The molecule has 0 aliphatic heterocycles. The van der Waals surface area contributed by atoms with Gasteiger partial charge in [0.15, 0.2) is 0 Å². The summed E-state index contributed by atoms with van der Waals surface area (Å²) in [6.07, 6.45) is 3.44. The monoisotopic (exact) mass is 277 g/mol. The van der Waals surface area contributed by atoms with E-state index in [1.165, 1.54) is 0 Å². The molecule has 1 aliphatic rings. The van der Waals surface area contributed by atoms with Crippen LogP contribution >= 0.6 is 0 Å². The Hall–Kier alpha value is -2.11. The summed E-state index contributed by atoms with van der Waals surface area (Å²) in [5.74, 6) is -0.574. The Morgan fingerprint density at radius 2 is 2.15 bits per heavy atom. The van der Waals surface area contributed by atoms with Crippen molar-refractivity contribution >= 4 is 17.7 Å². The molecule has 108 valence electrons. The van der Waals surface area contributed by atoms with Crippen LogP contribution in [0.15, 0.2) is 18.3 Å². The molecule has 20 heavy (non-hydrogen) atoms. The number of hydrogen-bond acceptors (Lipinski definition) is 4. The summed E-state index contributed by atoms with van der Waals surface area (Å²) < 4.78 is 0. The first-order chi connectivity index (χ1) is 9.47. The molecule has 0 unspecified atom stereocenters. The second kappa shape index (κ2) is 5.90. The Kier molecular flexibility index (Phi) is 4.22. The maximum atomic E-state index is 12.1. The number of amides is 1. The average Bonchev–Trinajstić information content (AvgIpc) is 2.87. The van der Waals surface area contributed by atoms with Gasteiger partial charge in [-0.2, -0.15) is 0 Å². The lowest BCUT2D eigenvalue weighted by atomic mass is 10.1. The van der Waals surface area contributed by atoms with E-state index >= 15 is 0 Å².